The molecule has 1 amide bonds. The number of ether oxygens (including phenoxy) is 1. The van der Waals surface area contributed by atoms with Crippen LogP contribution in [0.4, 0.5) is 5.69 Å². The minimum absolute atomic E-state index is 0.164. The first-order valence-corrected chi connectivity index (χ1v) is 7.68. The van der Waals surface area contributed by atoms with Crippen LogP contribution in [0.3, 0.4) is 0 Å². The van der Waals surface area contributed by atoms with Gasteiger partial charge in [-0.15, -0.1) is 0 Å². The Morgan fingerprint density at radius 3 is 2.30 bits per heavy atom. The summed E-state index contributed by atoms with van der Waals surface area (Å²) in [7, 11) is -3.26. The van der Waals surface area contributed by atoms with Crippen molar-refractivity contribution in [3.63, 3.8) is 0 Å². The molecule has 0 aromatic heterocycles. The normalized spacial score (nSPS) is 11.3. The number of hydrogen-bond acceptors (Lipinski definition) is 5. The van der Waals surface area contributed by atoms with Crippen molar-refractivity contribution in [2.75, 3.05) is 18.2 Å². The van der Waals surface area contributed by atoms with E-state index in [2.05, 4.69) is 10.1 Å². The number of esters is 1. The van der Waals surface area contributed by atoms with E-state index in [-0.39, 0.29) is 11.5 Å². The Kier molecular flexibility index (Phi) is 5.45. The molecule has 1 aromatic rings. The Morgan fingerprint density at radius 2 is 1.80 bits per heavy atom. The lowest BCUT2D eigenvalue weighted by Gasteiger charge is -2.03. The molecule has 7 heteroatoms. The molecular weight excluding hydrogens is 282 g/mol. The van der Waals surface area contributed by atoms with Crippen molar-refractivity contribution in [1.29, 1.82) is 0 Å². The van der Waals surface area contributed by atoms with E-state index in [9.17, 15) is 18.0 Å². The van der Waals surface area contributed by atoms with Crippen LogP contribution in [0.1, 0.15) is 6.92 Å². The summed E-state index contributed by atoms with van der Waals surface area (Å²) >= 11 is 0. The summed E-state index contributed by atoms with van der Waals surface area (Å²) < 4.78 is 27.1. The van der Waals surface area contributed by atoms with Gasteiger partial charge in [0.15, 0.2) is 9.84 Å². The zero-order valence-corrected chi connectivity index (χ0v) is 11.9. The van der Waals surface area contributed by atoms with Crippen LogP contribution < -0.4 is 5.32 Å². The lowest BCUT2D eigenvalue weighted by molar-refractivity contribution is -0.137. The number of nitrogens with one attached hydrogen (secondary N) is 1. The first kappa shape index (κ1) is 15.9. The van der Waals surface area contributed by atoms with E-state index in [1.807, 2.05) is 0 Å². The van der Waals surface area contributed by atoms with Crippen molar-refractivity contribution in [1.82, 2.24) is 0 Å². The maximum Gasteiger partial charge on any atom is 0.330 e. The number of hydrogen-bond donors (Lipinski definition) is 1. The molecular formula is C13H15NO5S. The van der Waals surface area contributed by atoms with Crippen LogP contribution in [0.2, 0.25) is 0 Å². The van der Waals surface area contributed by atoms with Crippen LogP contribution in [0, 0.1) is 0 Å². The number of benzene rings is 1. The molecule has 20 heavy (non-hydrogen) atoms. The average Bonchev–Trinajstić information content (AvgIpc) is 2.36. The highest BCUT2D eigenvalue weighted by molar-refractivity contribution is 7.90. The molecule has 1 rings (SSSR count). The molecule has 0 aliphatic rings. The predicted octanol–water partition coefficient (Wildman–Crippen LogP) is 1.15. The fourth-order valence-corrected chi connectivity index (χ4v) is 1.93. The van der Waals surface area contributed by atoms with Gasteiger partial charge < -0.3 is 10.1 Å². The van der Waals surface area contributed by atoms with E-state index in [4.69, 9.17) is 0 Å². The topological polar surface area (TPSA) is 89.5 Å². The van der Waals surface area contributed by atoms with Gasteiger partial charge in [0.05, 0.1) is 11.5 Å². The predicted molar refractivity (Wildman–Crippen MR) is 74.0 cm³/mol. The fourth-order valence-electron chi connectivity index (χ4n) is 1.30. The molecule has 0 unspecified atom stereocenters. The second-order valence-corrected chi connectivity index (χ2v) is 5.89. The molecule has 0 saturated carbocycles. The van der Waals surface area contributed by atoms with Crippen LogP contribution in [0.5, 0.6) is 0 Å². The van der Waals surface area contributed by atoms with Gasteiger partial charge in [-0.2, -0.15) is 0 Å². The molecule has 0 spiro atoms. The zero-order valence-electron chi connectivity index (χ0n) is 11.1. The van der Waals surface area contributed by atoms with Gasteiger partial charge in [-0.1, -0.05) is 0 Å². The highest BCUT2D eigenvalue weighted by atomic mass is 32.2. The Balaban J connectivity index is 2.65. The monoisotopic (exact) mass is 297 g/mol. The molecule has 1 N–H and O–H groups in total. The van der Waals surface area contributed by atoms with Crippen molar-refractivity contribution in [3.05, 3.63) is 36.4 Å². The second-order valence-electron chi connectivity index (χ2n) is 3.87. The second kappa shape index (κ2) is 6.85. The lowest BCUT2D eigenvalue weighted by atomic mass is 10.3. The molecule has 0 aliphatic heterocycles. The minimum atomic E-state index is -3.26. The summed E-state index contributed by atoms with van der Waals surface area (Å²) in [5, 5.41) is 2.49. The first-order valence-electron chi connectivity index (χ1n) is 5.79. The molecule has 0 fully saturated rings. The van der Waals surface area contributed by atoms with Gasteiger partial charge in [-0.25, -0.2) is 13.2 Å². The third-order valence-corrected chi connectivity index (χ3v) is 3.34. The summed E-state index contributed by atoms with van der Waals surface area (Å²) in [5.74, 6) is -1.11. The van der Waals surface area contributed by atoms with E-state index < -0.39 is 21.7 Å². The van der Waals surface area contributed by atoms with Crippen LogP contribution in [-0.2, 0) is 24.2 Å². The zero-order chi connectivity index (χ0) is 15.2. The largest absolute Gasteiger partial charge is 0.463 e. The Bertz CT molecular complexity index is 617. The maximum absolute atomic E-state index is 11.5. The van der Waals surface area contributed by atoms with Gasteiger partial charge in [0.25, 0.3) is 0 Å². The quantitative estimate of drug-likeness (QED) is 0.650. The van der Waals surface area contributed by atoms with Crippen LogP contribution in [0.15, 0.2) is 41.3 Å². The van der Waals surface area contributed by atoms with Crippen molar-refractivity contribution in [2.24, 2.45) is 0 Å². The highest BCUT2D eigenvalue weighted by Gasteiger charge is 2.06. The fraction of sp³-hybridized carbons (Fsp3) is 0.231. The number of carbonyl (C=O) groups excluding carboxylic acids is 2. The molecule has 0 saturated heterocycles. The number of rotatable bonds is 5. The molecule has 1 aromatic carbocycles. The molecule has 6 nitrogen and oxygen atoms in total. The highest BCUT2D eigenvalue weighted by Crippen LogP contribution is 2.13. The minimum Gasteiger partial charge on any atom is -0.463 e. The first-order chi connectivity index (χ1) is 9.32. The van der Waals surface area contributed by atoms with Crippen LogP contribution >= 0.6 is 0 Å². The van der Waals surface area contributed by atoms with Gasteiger partial charge in [0.1, 0.15) is 0 Å². The van der Waals surface area contributed by atoms with E-state index in [0.29, 0.717) is 5.69 Å². The third-order valence-electron chi connectivity index (χ3n) is 2.21. The summed E-state index contributed by atoms with van der Waals surface area (Å²) in [6, 6.07) is 5.71. The summed E-state index contributed by atoms with van der Waals surface area (Å²) in [6.45, 7) is 1.90. The van der Waals surface area contributed by atoms with Crippen molar-refractivity contribution in [2.45, 2.75) is 11.8 Å². The SMILES string of the molecule is CCOC(=O)/C=C/C(=O)Nc1ccc(S(C)(=O)=O)cc1. The Hall–Kier alpha value is -2.15. The molecule has 0 bridgehead atoms. The van der Waals surface area contributed by atoms with E-state index in [1.54, 1.807) is 6.92 Å². The number of amides is 1. The molecule has 0 heterocycles. The number of anilines is 1. The summed E-state index contributed by atoms with van der Waals surface area (Å²) in [4.78, 5) is 22.6. The van der Waals surface area contributed by atoms with Gasteiger partial charge in [0, 0.05) is 24.1 Å². The van der Waals surface area contributed by atoms with E-state index in [0.717, 1.165) is 18.4 Å². The molecule has 108 valence electrons. The summed E-state index contributed by atoms with van der Waals surface area (Å²) in [6.07, 6.45) is 3.16. The smallest absolute Gasteiger partial charge is 0.330 e. The summed E-state index contributed by atoms with van der Waals surface area (Å²) in [5.41, 5.74) is 0.427. The number of carbonyl (C=O) groups is 2. The van der Waals surface area contributed by atoms with Crippen molar-refractivity contribution < 1.29 is 22.7 Å². The molecule has 0 aliphatic carbocycles. The maximum atomic E-state index is 11.5. The van der Waals surface area contributed by atoms with E-state index in [1.165, 1.54) is 24.3 Å². The Labute approximate surface area is 117 Å². The van der Waals surface area contributed by atoms with Crippen LogP contribution in [0.25, 0.3) is 0 Å². The third kappa shape index (κ3) is 5.23. The van der Waals surface area contributed by atoms with Crippen LogP contribution in [-0.4, -0.2) is 33.2 Å². The lowest BCUT2D eigenvalue weighted by Crippen LogP contribution is -2.09. The van der Waals surface area contributed by atoms with Crippen molar-refractivity contribution >= 4 is 27.4 Å². The molecule has 0 atom stereocenters. The van der Waals surface area contributed by atoms with E-state index >= 15 is 0 Å². The van der Waals surface area contributed by atoms with Gasteiger partial charge in [-0.05, 0) is 31.2 Å². The average molecular weight is 297 g/mol. The van der Waals surface area contributed by atoms with Gasteiger partial charge in [0.2, 0.25) is 5.91 Å². The van der Waals surface area contributed by atoms with Crippen molar-refractivity contribution in [3.8, 4) is 0 Å². The number of sulfone groups is 1. The van der Waals surface area contributed by atoms with Gasteiger partial charge in [-0.3, -0.25) is 4.79 Å². The molecule has 0 radical (unpaired) electrons. The standard InChI is InChI=1S/C13H15NO5S/c1-3-19-13(16)9-8-12(15)14-10-4-6-11(7-5-10)20(2,17)18/h4-9H,3H2,1-2H3,(H,14,15)/b9-8+. The Morgan fingerprint density at radius 1 is 1.20 bits per heavy atom. The van der Waals surface area contributed by atoms with Gasteiger partial charge >= 0.3 is 5.97 Å².